The second-order valence-corrected chi connectivity index (χ2v) is 7.00. The summed E-state index contributed by atoms with van der Waals surface area (Å²) in [5, 5.41) is 6.59. The number of ether oxygens (including phenoxy) is 2. The second kappa shape index (κ2) is 11.3. The van der Waals surface area contributed by atoms with E-state index in [2.05, 4.69) is 15.8 Å². The van der Waals surface area contributed by atoms with Crippen LogP contribution in [-0.4, -0.2) is 31.2 Å². The molecule has 3 aromatic carbocycles. The lowest BCUT2D eigenvalue weighted by molar-refractivity contribution is -0.122. The predicted octanol–water partition coefficient (Wildman–Crippen LogP) is 3.54. The largest absolute Gasteiger partial charge is 0.497 e. The molecule has 0 bridgehead atoms. The Balaban J connectivity index is 1.44. The monoisotopic (exact) mass is 431 g/mol. The average Bonchev–Trinajstić information content (AvgIpc) is 2.84. The molecule has 32 heavy (non-hydrogen) atoms. The summed E-state index contributed by atoms with van der Waals surface area (Å²) in [6.45, 7) is 2.08. The van der Waals surface area contributed by atoms with Gasteiger partial charge in [-0.25, -0.2) is 5.43 Å². The van der Waals surface area contributed by atoms with E-state index in [1.165, 1.54) is 6.21 Å². The van der Waals surface area contributed by atoms with Crippen LogP contribution in [0.5, 0.6) is 11.5 Å². The van der Waals surface area contributed by atoms with Crippen LogP contribution in [0.25, 0.3) is 0 Å². The fourth-order valence-electron chi connectivity index (χ4n) is 2.75. The summed E-state index contributed by atoms with van der Waals surface area (Å²) in [5.41, 5.74) is 4.76. The topological polar surface area (TPSA) is 89.0 Å². The van der Waals surface area contributed by atoms with Gasteiger partial charge in [-0.3, -0.25) is 9.59 Å². The number of methoxy groups -OCH3 is 1. The maximum Gasteiger partial charge on any atom is 0.262 e. The minimum absolute atomic E-state index is 0.356. The molecule has 3 aromatic rings. The number of nitrogens with one attached hydrogen (secondary N) is 2. The third-order valence-electron chi connectivity index (χ3n) is 4.61. The maximum absolute atomic E-state index is 12.2. The quantitative estimate of drug-likeness (QED) is 0.401. The molecule has 0 aliphatic heterocycles. The van der Waals surface area contributed by atoms with Gasteiger partial charge in [-0.05, 0) is 66.6 Å². The van der Waals surface area contributed by atoms with Crippen molar-refractivity contribution in [2.24, 2.45) is 5.10 Å². The van der Waals surface area contributed by atoms with Crippen LogP contribution < -0.4 is 20.2 Å². The third-order valence-corrected chi connectivity index (χ3v) is 4.61. The molecule has 3 rings (SSSR count). The van der Waals surface area contributed by atoms with Crippen LogP contribution in [0.1, 0.15) is 28.4 Å². The summed E-state index contributed by atoms with van der Waals surface area (Å²) in [7, 11) is 1.55. The molecule has 0 aromatic heterocycles. The van der Waals surface area contributed by atoms with Crippen LogP contribution >= 0.6 is 0 Å². The number of carbonyl (C=O) groups excluding carboxylic acids is 2. The zero-order valence-electron chi connectivity index (χ0n) is 17.9. The van der Waals surface area contributed by atoms with Gasteiger partial charge in [-0.1, -0.05) is 30.3 Å². The Bertz CT molecular complexity index is 1050. The molecular formula is C25H25N3O4. The second-order valence-electron chi connectivity index (χ2n) is 7.00. The Kier molecular flexibility index (Phi) is 7.97. The average molecular weight is 431 g/mol. The molecule has 164 valence electrons. The molecule has 0 spiro atoms. The van der Waals surface area contributed by atoms with E-state index in [0.717, 1.165) is 16.9 Å². The summed E-state index contributed by atoms with van der Waals surface area (Å²) in [6.07, 6.45) is 1.52. The van der Waals surface area contributed by atoms with Crippen molar-refractivity contribution in [1.82, 2.24) is 10.7 Å². The van der Waals surface area contributed by atoms with Crippen LogP contribution in [0.3, 0.4) is 0 Å². The zero-order valence-corrected chi connectivity index (χ0v) is 17.9. The van der Waals surface area contributed by atoms with Crippen molar-refractivity contribution in [2.75, 3.05) is 7.11 Å². The number of hydrazone groups is 1. The molecule has 0 saturated carbocycles. The lowest BCUT2D eigenvalue weighted by Crippen LogP contribution is -2.43. The molecule has 1 atom stereocenters. The van der Waals surface area contributed by atoms with E-state index in [0.29, 0.717) is 17.9 Å². The fourth-order valence-corrected chi connectivity index (χ4v) is 2.75. The summed E-state index contributed by atoms with van der Waals surface area (Å²) in [6, 6.07) is 23.1. The third kappa shape index (κ3) is 6.70. The fraction of sp³-hybridized carbons (Fsp3) is 0.160. The summed E-state index contributed by atoms with van der Waals surface area (Å²) in [4.78, 5) is 24.4. The Morgan fingerprint density at radius 1 is 0.938 bits per heavy atom. The number of amides is 2. The molecule has 0 radical (unpaired) electrons. The molecule has 7 nitrogen and oxygen atoms in total. The lowest BCUT2D eigenvalue weighted by Gasteiger charge is -2.12. The first-order valence-electron chi connectivity index (χ1n) is 10.1. The number of carbonyl (C=O) groups is 2. The van der Waals surface area contributed by atoms with Crippen LogP contribution in [-0.2, 0) is 11.4 Å². The van der Waals surface area contributed by atoms with E-state index in [9.17, 15) is 9.59 Å². The molecule has 0 aliphatic carbocycles. The van der Waals surface area contributed by atoms with Crippen LogP contribution in [0.4, 0.5) is 0 Å². The summed E-state index contributed by atoms with van der Waals surface area (Å²) in [5.74, 6) is 0.610. The van der Waals surface area contributed by atoms with E-state index < -0.39 is 11.9 Å². The van der Waals surface area contributed by atoms with Crippen molar-refractivity contribution in [3.63, 3.8) is 0 Å². The number of hydrogen-bond acceptors (Lipinski definition) is 5. The van der Waals surface area contributed by atoms with Gasteiger partial charge >= 0.3 is 0 Å². The first kappa shape index (κ1) is 22.6. The Morgan fingerprint density at radius 2 is 1.59 bits per heavy atom. The van der Waals surface area contributed by atoms with Crippen molar-refractivity contribution >= 4 is 18.0 Å². The SMILES string of the molecule is COc1ccc(C(=O)NC(C)C(=O)NN=Cc2ccc(OCc3ccccc3)cc2)cc1. The lowest BCUT2D eigenvalue weighted by atomic mass is 10.2. The Labute approximate surface area is 187 Å². The highest BCUT2D eigenvalue weighted by atomic mass is 16.5. The first-order valence-corrected chi connectivity index (χ1v) is 10.1. The Morgan fingerprint density at radius 3 is 2.25 bits per heavy atom. The molecule has 0 fully saturated rings. The standard InChI is InChI=1S/C25H25N3O4/c1-18(27-25(30)21-10-14-22(31-2)15-11-21)24(29)28-26-16-19-8-12-23(13-9-19)32-17-20-6-4-3-5-7-20/h3-16,18H,17H2,1-2H3,(H,27,30)(H,28,29). The van der Waals surface area contributed by atoms with Gasteiger partial charge < -0.3 is 14.8 Å². The molecule has 2 amide bonds. The van der Waals surface area contributed by atoms with E-state index in [4.69, 9.17) is 9.47 Å². The van der Waals surface area contributed by atoms with E-state index in [-0.39, 0.29) is 5.91 Å². The smallest absolute Gasteiger partial charge is 0.262 e. The van der Waals surface area contributed by atoms with Gasteiger partial charge in [0, 0.05) is 5.56 Å². The van der Waals surface area contributed by atoms with Gasteiger partial charge in [0.25, 0.3) is 11.8 Å². The van der Waals surface area contributed by atoms with Crippen molar-refractivity contribution in [3.05, 3.63) is 95.6 Å². The number of hydrogen-bond donors (Lipinski definition) is 2. The molecule has 1 unspecified atom stereocenters. The molecule has 7 heteroatoms. The van der Waals surface area contributed by atoms with Gasteiger partial charge in [0.1, 0.15) is 24.1 Å². The molecule has 2 N–H and O–H groups in total. The van der Waals surface area contributed by atoms with Crippen LogP contribution in [0.15, 0.2) is 84.0 Å². The van der Waals surface area contributed by atoms with Gasteiger partial charge in [-0.15, -0.1) is 0 Å². The van der Waals surface area contributed by atoms with Gasteiger partial charge in [0.2, 0.25) is 0 Å². The van der Waals surface area contributed by atoms with Crippen molar-refractivity contribution in [2.45, 2.75) is 19.6 Å². The maximum atomic E-state index is 12.2. The van der Waals surface area contributed by atoms with E-state index >= 15 is 0 Å². The molecule has 0 aliphatic rings. The minimum atomic E-state index is -0.754. The number of benzene rings is 3. The van der Waals surface area contributed by atoms with E-state index in [1.807, 2.05) is 54.6 Å². The van der Waals surface area contributed by atoms with Gasteiger partial charge in [-0.2, -0.15) is 5.10 Å². The highest BCUT2D eigenvalue weighted by Crippen LogP contribution is 2.14. The van der Waals surface area contributed by atoms with Crippen molar-refractivity contribution < 1.29 is 19.1 Å². The molecule has 0 heterocycles. The minimum Gasteiger partial charge on any atom is -0.497 e. The molecular weight excluding hydrogens is 406 g/mol. The van der Waals surface area contributed by atoms with Gasteiger partial charge in [0.15, 0.2) is 0 Å². The van der Waals surface area contributed by atoms with E-state index in [1.54, 1.807) is 38.3 Å². The zero-order chi connectivity index (χ0) is 22.8. The highest BCUT2D eigenvalue weighted by Gasteiger charge is 2.16. The number of rotatable bonds is 9. The first-order chi connectivity index (χ1) is 15.5. The van der Waals surface area contributed by atoms with Crippen molar-refractivity contribution in [1.29, 1.82) is 0 Å². The predicted molar refractivity (Wildman–Crippen MR) is 123 cm³/mol. The normalized spacial score (nSPS) is 11.6. The Hall–Kier alpha value is -4.13. The van der Waals surface area contributed by atoms with Crippen LogP contribution in [0.2, 0.25) is 0 Å². The summed E-state index contributed by atoms with van der Waals surface area (Å²) >= 11 is 0. The highest BCUT2D eigenvalue weighted by molar-refractivity contribution is 5.97. The molecule has 0 saturated heterocycles. The number of nitrogens with zero attached hydrogens (tertiary/aromatic N) is 1. The van der Waals surface area contributed by atoms with Crippen LogP contribution in [0, 0.1) is 0 Å². The summed E-state index contributed by atoms with van der Waals surface area (Å²) < 4.78 is 10.8. The van der Waals surface area contributed by atoms with Crippen molar-refractivity contribution in [3.8, 4) is 11.5 Å². The van der Waals surface area contributed by atoms with Gasteiger partial charge in [0.05, 0.1) is 13.3 Å².